The summed E-state index contributed by atoms with van der Waals surface area (Å²) < 4.78 is 11.1. The van der Waals surface area contributed by atoms with E-state index >= 15 is 0 Å². The number of unbranched alkanes of at least 4 members (excludes halogenated alkanes) is 2. The molecule has 0 bridgehead atoms. The Morgan fingerprint density at radius 2 is 1.96 bits per heavy atom. The second kappa shape index (κ2) is 17.3. The van der Waals surface area contributed by atoms with Crippen LogP contribution in [0.4, 0.5) is 0 Å². The molecule has 1 aromatic heterocycles. The molecule has 0 radical (unpaired) electrons. The van der Waals surface area contributed by atoms with Crippen molar-refractivity contribution in [2.24, 2.45) is 4.99 Å². The van der Waals surface area contributed by atoms with E-state index in [9.17, 15) is 0 Å². The van der Waals surface area contributed by atoms with Gasteiger partial charge in [-0.25, -0.2) is 9.98 Å². The Kier molecular flexibility index (Phi) is 16.6. The Bertz CT molecular complexity index is 486. The van der Waals surface area contributed by atoms with Gasteiger partial charge in [0, 0.05) is 38.1 Å². The van der Waals surface area contributed by atoms with Gasteiger partial charge in [0.15, 0.2) is 5.96 Å². The zero-order valence-corrected chi connectivity index (χ0v) is 18.8. The summed E-state index contributed by atoms with van der Waals surface area (Å²) in [5, 5.41) is 6.63. The minimum absolute atomic E-state index is 0. The van der Waals surface area contributed by atoms with Crippen LogP contribution in [0.1, 0.15) is 52.0 Å². The summed E-state index contributed by atoms with van der Waals surface area (Å²) in [5.74, 6) is 1.51. The van der Waals surface area contributed by atoms with E-state index in [1.807, 2.05) is 19.1 Å². The largest absolute Gasteiger partial charge is 0.477 e. The van der Waals surface area contributed by atoms with Gasteiger partial charge in [0.2, 0.25) is 5.88 Å². The van der Waals surface area contributed by atoms with Crippen LogP contribution in [0.2, 0.25) is 0 Å². The first-order valence-electron chi connectivity index (χ1n) is 9.48. The number of halogens is 1. The fraction of sp³-hybridized carbons (Fsp3) is 0.684. The third-order valence-corrected chi connectivity index (χ3v) is 3.55. The van der Waals surface area contributed by atoms with Crippen LogP contribution in [0.5, 0.6) is 5.88 Å². The van der Waals surface area contributed by atoms with Crippen molar-refractivity contribution in [3.8, 4) is 5.88 Å². The SMILES string of the molecule is CCCCOc1ncccc1CN=C(NCC)NCCCCOCC.I. The Labute approximate surface area is 175 Å². The lowest BCUT2D eigenvalue weighted by atomic mass is 10.2. The summed E-state index contributed by atoms with van der Waals surface area (Å²) in [6, 6.07) is 3.94. The van der Waals surface area contributed by atoms with E-state index in [4.69, 9.17) is 9.47 Å². The normalized spacial score (nSPS) is 11.0. The molecule has 0 saturated carbocycles. The molecule has 0 spiro atoms. The van der Waals surface area contributed by atoms with Gasteiger partial charge in [0.1, 0.15) is 0 Å². The average Bonchev–Trinajstić information content (AvgIpc) is 2.63. The fourth-order valence-corrected chi connectivity index (χ4v) is 2.17. The summed E-state index contributed by atoms with van der Waals surface area (Å²) in [5.41, 5.74) is 1.01. The van der Waals surface area contributed by atoms with Crippen LogP contribution in [-0.4, -0.2) is 43.9 Å². The van der Waals surface area contributed by atoms with Crippen LogP contribution >= 0.6 is 24.0 Å². The number of nitrogens with zero attached hydrogens (tertiary/aromatic N) is 2. The second-order valence-electron chi connectivity index (χ2n) is 5.70. The van der Waals surface area contributed by atoms with Gasteiger partial charge >= 0.3 is 0 Å². The summed E-state index contributed by atoms with van der Waals surface area (Å²) in [6.07, 6.45) is 6.01. The number of hydrogen-bond donors (Lipinski definition) is 2. The standard InChI is InChI=1S/C19H34N4O2.HI/c1-4-7-15-25-18-17(11-10-13-21-18)16-23-19(20-5-2)22-12-8-9-14-24-6-3;/h10-11,13H,4-9,12,14-16H2,1-3H3,(H2,20,22,23);1H. The minimum Gasteiger partial charge on any atom is -0.477 e. The molecule has 0 atom stereocenters. The highest BCUT2D eigenvalue weighted by molar-refractivity contribution is 14.0. The van der Waals surface area contributed by atoms with E-state index in [0.717, 1.165) is 63.5 Å². The van der Waals surface area contributed by atoms with Crippen LogP contribution in [0.25, 0.3) is 0 Å². The summed E-state index contributed by atoms with van der Waals surface area (Å²) in [7, 11) is 0. The Morgan fingerprint density at radius 1 is 1.12 bits per heavy atom. The number of aliphatic imine (C=N–C) groups is 1. The monoisotopic (exact) mass is 478 g/mol. The van der Waals surface area contributed by atoms with Crippen molar-refractivity contribution >= 4 is 29.9 Å². The van der Waals surface area contributed by atoms with Gasteiger partial charge in [-0.2, -0.15) is 0 Å². The predicted molar refractivity (Wildman–Crippen MR) is 119 cm³/mol. The zero-order valence-electron chi connectivity index (χ0n) is 16.4. The Hall–Kier alpha value is -1.09. The molecule has 150 valence electrons. The van der Waals surface area contributed by atoms with Gasteiger partial charge in [-0.1, -0.05) is 19.4 Å². The fourth-order valence-electron chi connectivity index (χ4n) is 2.17. The first-order valence-corrected chi connectivity index (χ1v) is 9.48. The van der Waals surface area contributed by atoms with E-state index in [0.29, 0.717) is 19.0 Å². The molecule has 0 fully saturated rings. The molecule has 0 amide bonds. The lowest BCUT2D eigenvalue weighted by molar-refractivity contribution is 0.143. The molecule has 7 heteroatoms. The van der Waals surface area contributed by atoms with E-state index in [1.54, 1.807) is 6.20 Å². The smallest absolute Gasteiger partial charge is 0.218 e. The van der Waals surface area contributed by atoms with Crippen molar-refractivity contribution < 1.29 is 9.47 Å². The number of hydrogen-bond acceptors (Lipinski definition) is 4. The number of aromatic nitrogens is 1. The maximum Gasteiger partial charge on any atom is 0.218 e. The molecule has 2 N–H and O–H groups in total. The number of rotatable bonds is 13. The molecule has 0 saturated heterocycles. The molecule has 0 aromatic carbocycles. The lowest BCUT2D eigenvalue weighted by Gasteiger charge is -2.12. The van der Waals surface area contributed by atoms with Gasteiger partial charge in [-0.3, -0.25) is 0 Å². The molecule has 0 unspecified atom stereocenters. The van der Waals surface area contributed by atoms with E-state index < -0.39 is 0 Å². The molecule has 1 aromatic rings. The maximum absolute atomic E-state index is 5.77. The van der Waals surface area contributed by atoms with Gasteiger partial charge < -0.3 is 20.1 Å². The Morgan fingerprint density at radius 3 is 2.69 bits per heavy atom. The first kappa shape index (κ1) is 24.9. The van der Waals surface area contributed by atoms with Crippen molar-refractivity contribution in [3.05, 3.63) is 23.9 Å². The topological polar surface area (TPSA) is 67.8 Å². The third kappa shape index (κ3) is 11.5. The maximum atomic E-state index is 5.77. The summed E-state index contributed by atoms with van der Waals surface area (Å²) in [4.78, 5) is 8.98. The van der Waals surface area contributed by atoms with Crippen LogP contribution in [0, 0.1) is 0 Å². The van der Waals surface area contributed by atoms with Crippen molar-refractivity contribution in [1.29, 1.82) is 0 Å². The molecule has 6 nitrogen and oxygen atoms in total. The molecular formula is C19H35IN4O2. The molecule has 0 aliphatic heterocycles. The molecule has 0 aliphatic rings. The first-order chi connectivity index (χ1) is 12.3. The van der Waals surface area contributed by atoms with Crippen molar-refractivity contribution in [3.63, 3.8) is 0 Å². The number of nitrogens with one attached hydrogen (secondary N) is 2. The Balaban J connectivity index is 0.00000625. The van der Waals surface area contributed by atoms with Gasteiger partial charge in [0.25, 0.3) is 0 Å². The highest BCUT2D eigenvalue weighted by Crippen LogP contribution is 2.15. The van der Waals surface area contributed by atoms with Crippen LogP contribution in [0.3, 0.4) is 0 Å². The molecule has 1 heterocycles. The molecular weight excluding hydrogens is 443 g/mol. The minimum atomic E-state index is 0. The quantitative estimate of drug-likeness (QED) is 0.196. The van der Waals surface area contributed by atoms with Crippen LogP contribution < -0.4 is 15.4 Å². The van der Waals surface area contributed by atoms with Crippen molar-refractivity contribution in [1.82, 2.24) is 15.6 Å². The highest BCUT2D eigenvalue weighted by Gasteiger charge is 2.05. The van der Waals surface area contributed by atoms with Crippen molar-refractivity contribution in [2.75, 3.05) is 32.9 Å². The number of pyridine rings is 1. The predicted octanol–water partition coefficient (Wildman–Crippen LogP) is 3.75. The lowest BCUT2D eigenvalue weighted by Crippen LogP contribution is -2.37. The second-order valence-corrected chi connectivity index (χ2v) is 5.70. The average molecular weight is 478 g/mol. The molecule has 26 heavy (non-hydrogen) atoms. The summed E-state index contributed by atoms with van der Waals surface area (Å²) >= 11 is 0. The van der Waals surface area contributed by atoms with Gasteiger partial charge in [0.05, 0.1) is 13.2 Å². The summed E-state index contributed by atoms with van der Waals surface area (Å²) in [6.45, 7) is 10.8. The van der Waals surface area contributed by atoms with E-state index in [-0.39, 0.29) is 24.0 Å². The highest BCUT2D eigenvalue weighted by atomic mass is 127. The van der Waals surface area contributed by atoms with Crippen LogP contribution in [-0.2, 0) is 11.3 Å². The number of guanidine groups is 1. The molecule has 1 rings (SSSR count). The molecule has 0 aliphatic carbocycles. The van der Waals surface area contributed by atoms with Crippen molar-refractivity contribution in [2.45, 2.75) is 53.0 Å². The van der Waals surface area contributed by atoms with Gasteiger partial charge in [-0.05, 0) is 39.2 Å². The zero-order chi connectivity index (χ0) is 18.2. The van der Waals surface area contributed by atoms with E-state index in [1.165, 1.54) is 0 Å². The van der Waals surface area contributed by atoms with Gasteiger partial charge in [-0.15, -0.1) is 24.0 Å². The third-order valence-electron chi connectivity index (χ3n) is 3.55. The van der Waals surface area contributed by atoms with E-state index in [2.05, 4.69) is 34.5 Å². The van der Waals surface area contributed by atoms with Crippen LogP contribution in [0.15, 0.2) is 23.3 Å². The number of ether oxygens (including phenoxy) is 2.